The lowest BCUT2D eigenvalue weighted by atomic mass is 10.0. The minimum Gasteiger partial charge on any atom is -0.409 e. The number of oxime groups is 1. The molecule has 2 rings (SSSR count). The molecule has 0 aliphatic carbocycles. The van der Waals surface area contributed by atoms with Crippen molar-refractivity contribution >= 4 is 22.3 Å². The van der Waals surface area contributed by atoms with Gasteiger partial charge in [0.1, 0.15) is 0 Å². The summed E-state index contributed by atoms with van der Waals surface area (Å²) < 4.78 is 0. The van der Waals surface area contributed by atoms with Crippen LogP contribution in [-0.2, 0) is 0 Å². The Morgan fingerprint density at radius 3 is 2.50 bits per heavy atom. The molecule has 0 unspecified atom stereocenters. The van der Waals surface area contributed by atoms with Gasteiger partial charge in [-0.15, -0.1) is 0 Å². The zero-order valence-corrected chi connectivity index (χ0v) is 10.6. The van der Waals surface area contributed by atoms with Crippen LogP contribution in [0.5, 0.6) is 0 Å². The zero-order valence-electron chi connectivity index (χ0n) is 10.6. The second-order valence-corrected chi connectivity index (χ2v) is 4.18. The van der Waals surface area contributed by atoms with Gasteiger partial charge in [-0.05, 0) is 24.4 Å². The first-order valence-electron chi connectivity index (χ1n) is 5.89. The Balaban J connectivity index is 2.74. The maximum atomic E-state index is 8.82. The molecule has 0 saturated heterocycles. The van der Waals surface area contributed by atoms with E-state index in [0.29, 0.717) is 0 Å². The van der Waals surface area contributed by atoms with Gasteiger partial charge in [0.05, 0.1) is 0 Å². The summed E-state index contributed by atoms with van der Waals surface area (Å²) in [6.45, 7) is 3.03. The number of fused-ring (bicyclic) bond motifs is 1. The molecule has 0 amide bonds. The summed E-state index contributed by atoms with van der Waals surface area (Å²) in [6.07, 6.45) is 0. The maximum Gasteiger partial charge on any atom is 0.170 e. The zero-order chi connectivity index (χ0) is 13.1. The third kappa shape index (κ3) is 1.97. The van der Waals surface area contributed by atoms with Crippen molar-refractivity contribution in [2.75, 3.05) is 18.5 Å². The molecule has 94 valence electrons. The average Bonchev–Trinajstić information content (AvgIpc) is 2.44. The molecule has 0 saturated carbocycles. The maximum absolute atomic E-state index is 8.82. The van der Waals surface area contributed by atoms with E-state index in [1.165, 1.54) is 0 Å². The molecule has 18 heavy (non-hydrogen) atoms. The van der Waals surface area contributed by atoms with E-state index in [1.54, 1.807) is 0 Å². The molecule has 0 radical (unpaired) electrons. The summed E-state index contributed by atoms with van der Waals surface area (Å²) in [4.78, 5) is 2.17. The molecular weight excluding hydrogens is 226 g/mol. The Bertz CT molecular complexity index is 593. The van der Waals surface area contributed by atoms with E-state index in [4.69, 9.17) is 10.9 Å². The first-order chi connectivity index (χ1) is 8.69. The Hall–Kier alpha value is -2.23. The SMILES string of the molecule is CCN(C)c1ccc(/C(N)=N/O)c2ccccc12. The van der Waals surface area contributed by atoms with Gasteiger partial charge in [0.15, 0.2) is 5.84 Å². The van der Waals surface area contributed by atoms with E-state index < -0.39 is 0 Å². The van der Waals surface area contributed by atoms with Gasteiger partial charge in [-0.3, -0.25) is 0 Å². The third-order valence-electron chi connectivity index (χ3n) is 3.17. The van der Waals surface area contributed by atoms with Crippen molar-refractivity contribution in [2.45, 2.75) is 6.92 Å². The number of nitrogens with zero attached hydrogens (tertiary/aromatic N) is 2. The van der Waals surface area contributed by atoms with Gasteiger partial charge < -0.3 is 15.8 Å². The van der Waals surface area contributed by atoms with Gasteiger partial charge in [-0.2, -0.15) is 0 Å². The summed E-state index contributed by atoms with van der Waals surface area (Å²) in [5, 5.41) is 14.0. The minimum absolute atomic E-state index is 0.136. The molecule has 3 N–H and O–H groups in total. The summed E-state index contributed by atoms with van der Waals surface area (Å²) >= 11 is 0. The average molecular weight is 243 g/mol. The number of nitrogens with two attached hydrogens (primary N) is 1. The molecule has 0 bridgehead atoms. The summed E-state index contributed by atoms with van der Waals surface area (Å²) in [5.41, 5.74) is 7.60. The normalized spacial score (nSPS) is 11.8. The van der Waals surface area contributed by atoms with Crippen LogP contribution in [0.25, 0.3) is 10.8 Å². The first kappa shape index (κ1) is 12.2. The van der Waals surface area contributed by atoms with Crippen LogP contribution in [0.4, 0.5) is 5.69 Å². The lowest BCUT2D eigenvalue weighted by Crippen LogP contribution is -2.18. The molecule has 0 heterocycles. The van der Waals surface area contributed by atoms with Crippen molar-refractivity contribution in [3.8, 4) is 0 Å². The molecule has 0 aliphatic heterocycles. The Morgan fingerprint density at radius 1 is 1.22 bits per heavy atom. The largest absolute Gasteiger partial charge is 0.409 e. The molecule has 0 aliphatic rings. The Kier molecular flexibility index (Phi) is 3.37. The van der Waals surface area contributed by atoms with Crippen LogP contribution in [0.1, 0.15) is 12.5 Å². The van der Waals surface area contributed by atoms with Crippen molar-refractivity contribution in [1.29, 1.82) is 0 Å². The van der Waals surface area contributed by atoms with Crippen LogP contribution in [-0.4, -0.2) is 24.6 Å². The van der Waals surface area contributed by atoms with Crippen LogP contribution >= 0.6 is 0 Å². The first-order valence-corrected chi connectivity index (χ1v) is 5.89. The second-order valence-electron chi connectivity index (χ2n) is 4.18. The van der Waals surface area contributed by atoms with Crippen molar-refractivity contribution in [3.63, 3.8) is 0 Å². The monoisotopic (exact) mass is 243 g/mol. The number of hydrogen-bond acceptors (Lipinski definition) is 3. The molecule has 0 aromatic heterocycles. The quantitative estimate of drug-likeness (QED) is 0.376. The fourth-order valence-electron chi connectivity index (χ4n) is 2.06. The molecule has 0 fully saturated rings. The summed E-state index contributed by atoms with van der Waals surface area (Å²) in [7, 11) is 2.05. The van der Waals surface area contributed by atoms with Gasteiger partial charge in [-0.25, -0.2) is 0 Å². The molecule has 0 atom stereocenters. The number of amidine groups is 1. The van der Waals surface area contributed by atoms with Gasteiger partial charge >= 0.3 is 0 Å². The lowest BCUT2D eigenvalue weighted by molar-refractivity contribution is 0.318. The van der Waals surface area contributed by atoms with Crippen LogP contribution < -0.4 is 10.6 Å². The van der Waals surface area contributed by atoms with Crippen molar-refractivity contribution in [3.05, 3.63) is 42.0 Å². The van der Waals surface area contributed by atoms with Crippen molar-refractivity contribution in [2.24, 2.45) is 10.9 Å². The molecule has 2 aromatic carbocycles. The van der Waals surface area contributed by atoms with Crippen LogP contribution in [0, 0.1) is 0 Å². The van der Waals surface area contributed by atoms with Crippen LogP contribution in [0.2, 0.25) is 0 Å². The highest BCUT2D eigenvalue weighted by atomic mass is 16.4. The molecule has 4 heteroatoms. The standard InChI is InChI=1S/C14H17N3O/c1-3-17(2)13-9-8-12(14(15)16-18)10-6-4-5-7-11(10)13/h4-9,18H,3H2,1-2H3,(H2,15,16). The molecular formula is C14H17N3O. The Morgan fingerprint density at radius 2 is 1.89 bits per heavy atom. The number of anilines is 1. The fraction of sp³-hybridized carbons (Fsp3) is 0.214. The van der Waals surface area contributed by atoms with Gasteiger partial charge in [-0.1, -0.05) is 29.4 Å². The molecule has 4 nitrogen and oxygen atoms in total. The van der Waals surface area contributed by atoms with Crippen molar-refractivity contribution < 1.29 is 5.21 Å². The van der Waals surface area contributed by atoms with E-state index >= 15 is 0 Å². The van der Waals surface area contributed by atoms with Crippen LogP contribution in [0.3, 0.4) is 0 Å². The lowest BCUT2D eigenvalue weighted by Gasteiger charge is -2.20. The van der Waals surface area contributed by atoms with E-state index in [2.05, 4.69) is 17.0 Å². The van der Waals surface area contributed by atoms with Crippen molar-refractivity contribution in [1.82, 2.24) is 0 Å². The van der Waals surface area contributed by atoms with Gasteiger partial charge in [0.25, 0.3) is 0 Å². The summed E-state index contributed by atoms with van der Waals surface area (Å²) in [5.74, 6) is 0.136. The summed E-state index contributed by atoms with van der Waals surface area (Å²) in [6, 6.07) is 11.9. The number of hydrogen-bond donors (Lipinski definition) is 2. The minimum atomic E-state index is 0.136. The molecule has 0 spiro atoms. The van der Waals surface area contributed by atoms with Gasteiger partial charge in [0, 0.05) is 30.2 Å². The molecule has 2 aromatic rings. The van der Waals surface area contributed by atoms with E-state index in [0.717, 1.165) is 28.6 Å². The predicted molar refractivity (Wildman–Crippen MR) is 75.4 cm³/mol. The van der Waals surface area contributed by atoms with Gasteiger partial charge in [0.2, 0.25) is 0 Å². The van der Waals surface area contributed by atoms with Crippen LogP contribution in [0.15, 0.2) is 41.6 Å². The van der Waals surface area contributed by atoms with E-state index in [-0.39, 0.29) is 5.84 Å². The predicted octanol–water partition coefficient (Wildman–Crippen LogP) is 2.39. The highest BCUT2D eigenvalue weighted by Gasteiger charge is 2.10. The topological polar surface area (TPSA) is 61.8 Å². The smallest absolute Gasteiger partial charge is 0.170 e. The fourth-order valence-corrected chi connectivity index (χ4v) is 2.06. The van der Waals surface area contributed by atoms with E-state index in [1.807, 2.05) is 43.4 Å². The van der Waals surface area contributed by atoms with E-state index in [9.17, 15) is 0 Å². The third-order valence-corrected chi connectivity index (χ3v) is 3.17. The highest BCUT2D eigenvalue weighted by molar-refractivity contribution is 6.11. The Labute approximate surface area is 106 Å². The number of rotatable bonds is 3. The number of benzene rings is 2. The second kappa shape index (κ2) is 4.96. The highest BCUT2D eigenvalue weighted by Crippen LogP contribution is 2.28.